The maximum atomic E-state index is 12.2. The first-order valence-electron chi connectivity index (χ1n) is 5.73. The first-order chi connectivity index (χ1) is 8.29. The SMILES string of the molecule is CC(C)(C)NCc1c(Cl)cccc1OCC(F)F. The van der Waals surface area contributed by atoms with E-state index in [9.17, 15) is 8.78 Å². The Morgan fingerprint density at radius 1 is 1.33 bits per heavy atom. The number of hydrogen-bond donors (Lipinski definition) is 1. The van der Waals surface area contributed by atoms with Gasteiger partial charge >= 0.3 is 0 Å². The molecule has 1 N–H and O–H groups in total. The van der Waals surface area contributed by atoms with E-state index in [1.807, 2.05) is 20.8 Å². The number of rotatable bonds is 5. The number of nitrogens with one attached hydrogen (secondary N) is 1. The van der Waals surface area contributed by atoms with E-state index < -0.39 is 13.0 Å². The Morgan fingerprint density at radius 2 is 2.00 bits per heavy atom. The highest BCUT2D eigenvalue weighted by Gasteiger charge is 2.14. The van der Waals surface area contributed by atoms with Crippen LogP contribution in [0.1, 0.15) is 26.3 Å². The van der Waals surface area contributed by atoms with Crippen LogP contribution in [0.2, 0.25) is 5.02 Å². The molecule has 0 aliphatic heterocycles. The minimum atomic E-state index is -2.49. The molecule has 0 saturated carbocycles. The largest absolute Gasteiger partial charge is 0.487 e. The maximum Gasteiger partial charge on any atom is 0.272 e. The fraction of sp³-hybridized carbons (Fsp3) is 0.538. The lowest BCUT2D eigenvalue weighted by atomic mass is 10.1. The van der Waals surface area contributed by atoms with Gasteiger partial charge in [0.25, 0.3) is 6.43 Å². The number of halogens is 3. The molecule has 0 unspecified atom stereocenters. The van der Waals surface area contributed by atoms with Gasteiger partial charge in [0, 0.05) is 22.7 Å². The molecule has 0 amide bonds. The summed E-state index contributed by atoms with van der Waals surface area (Å²) < 4.78 is 29.4. The van der Waals surface area contributed by atoms with Crippen LogP contribution in [0.5, 0.6) is 5.75 Å². The Labute approximate surface area is 111 Å². The lowest BCUT2D eigenvalue weighted by Crippen LogP contribution is -2.35. The average molecular weight is 278 g/mol. The quantitative estimate of drug-likeness (QED) is 0.882. The normalized spacial score (nSPS) is 11.9. The van der Waals surface area contributed by atoms with Crippen molar-refractivity contribution >= 4 is 11.6 Å². The van der Waals surface area contributed by atoms with Gasteiger partial charge in [0.2, 0.25) is 0 Å². The minimum Gasteiger partial charge on any atom is -0.487 e. The van der Waals surface area contributed by atoms with E-state index in [1.165, 1.54) is 0 Å². The van der Waals surface area contributed by atoms with Crippen LogP contribution in [0.15, 0.2) is 18.2 Å². The van der Waals surface area contributed by atoms with Crippen LogP contribution in [0, 0.1) is 0 Å². The van der Waals surface area contributed by atoms with E-state index in [0.717, 1.165) is 0 Å². The topological polar surface area (TPSA) is 21.3 Å². The molecule has 0 radical (unpaired) electrons. The Hall–Kier alpha value is -0.870. The van der Waals surface area contributed by atoms with Crippen molar-refractivity contribution < 1.29 is 13.5 Å². The second-order valence-electron chi connectivity index (χ2n) is 5.02. The fourth-order valence-corrected chi connectivity index (χ4v) is 1.58. The molecular weight excluding hydrogens is 260 g/mol. The molecule has 0 spiro atoms. The molecule has 2 nitrogen and oxygen atoms in total. The van der Waals surface area contributed by atoms with Crippen LogP contribution >= 0.6 is 11.6 Å². The standard InChI is InChI=1S/C13H18ClF2NO/c1-13(2,3)17-7-9-10(14)5-4-6-11(9)18-8-12(15)16/h4-6,12,17H,7-8H2,1-3H3. The smallest absolute Gasteiger partial charge is 0.272 e. The summed E-state index contributed by atoms with van der Waals surface area (Å²) in [6, 6.07) is 5.05. The van der Waals surface area contributed by atoms with E-state index in [2.05, 4.69) is 5.32 Å². The third-order valence-electron chi connectivity index (χ3n) is 2.24. The summed E-state index contributed by atoms with van der Waals surface area (Å²) in [6.45, 7) is 5.90. The van der Waals surface area contributed by atoms with E-state index in [1.54, 1.807) is 18.2 Å². The molecular formula is C13H18ClF2NO. The first-order valence-corrected chi connectivity index (χ1v) is 6.11. The monoisotopic (exact) mass is 277 g/mol. The number of hydrogen-bond acceptors (Lipinski definition) is 2. The van der Waals surface area contributed by atoms with Crippen LogP contribution in [-0.4, -0.2) is 18.6 Å². The second-order valence-corrected chi connectivity index (χ2v) is 5.43. The van der Waals surface area contributed by atoms with Crippen LogP contribution in [0.25, 0.3) is 0 Å². The summed E-state index contributed by atoms with van der Waals surface area (Å²) in [5.41, 5.74) is 0.619. The molecule has 0 atom stereocenters. The zero-order chi connectivity index (χ0) is 13.8. The van der Waals surface area contributed by atoms with Gasteiger partial charge in [-0.1, -0.05) is 17.7 Å². The van der Waals surface area contributed by atoms with E-state index in [4.69, 9.17) is 16.3 Å². The summed E-state index contributed by atoms with van der Waals surface area (Å²) in [4.78, 5) is 0. The molecule has 1 aromatic rings. The Bertz CT molecular complexity index is 391. The van der Waals surface area contributed by atoms with Crippen molar-refractivity contribution in [3.05, 3.63) is 28.8 Å². The van der Waals surface area contributed by atoms with Gasteiger partial charge in [0.05, 0.1) is 0 Å². The molecule has 0 aliphatic rings. The third-order valence-corrected chi connectivity index (χ3v) is 2.59. The molecule has 102 valence electrons. The molecule has 0 saturated heterocycles. The molecule has 18 heavy (non-hydrogen) atoms. The lowest BCUT2D eigenvalue weighted by Gasteiger charge is -2.22. The van der Waals surface area contributed by atoms with Crippen molar-refractivity contribution in [1.82, 2.24) is 5.32 Å². The summed E-state index contributed by atoms with van der Waals surface area (Å²) in [7, 11) is 0. The molecule has 0 aliphatic carbocycles. The molecule has 5 heteroatoms. The van der Waals surface area contributed by atoms with Gasteiger partial charge in [0.1, 0.15) is 12.4 Å². The number of benzene rings is 1. The molecule has 1 aromatic carbocycles. The Balaban J connectivity index is 2.80. The van der Waals surface area contributed by atoms with Gasteiger partial charge in [-0.25, -0.2) is 8.78 Å². The van der Waals surface area contributed by atoms with E-state index >= 15 is 0 Å². The number of ether oxygens (including phenoxy) is 1. The molecule has 0 heterocycles. The first kappa shape index (κ1) is 15.2. The van der Waals surface area contributed by atoms with Gasteiger partial charge in [-0.2, -0.15) is 0 Å². The second kappa shape index (κ2) is 6.34. The van der Waals surface area contributed by atoms with Gasteiger partial charge < -0.3 is 10.1 Å². The van der Waals surface area contributed by atoms with Gasteiger partial charge in [0.15, 0.2) is 0 Å². The third kappa shape index (κ3) is 5.19. The highest BCUT2D eigenvalue weighted by atomic mass is 35.5. The minimum absolute atomic E-state index is 0.0842. The molecule has 1 rings (SSSR count). The predicted molar refractivity (Wildman–Crippen MR) is 69.5 cm³/mol. The zero-order valence-corrected chi connectivity index (χ0v) is 11.5. The van der Waals surface area contributed by atoms with Gasteiger partial charge in [-0.05, 0) is 32.9 Å². The average Bonchev–Trinajstić information content (AvgIpc) is 2.23. The number of alkyl halides is 2. The molecule has 0 bridgehead atoms. The van der Waals surface area contributed by atoms with Crippen LogP contribution in [0.3, 0.4) is 0 Å². The van der Waals surface area contributed by atoms with Crippen LogP contribution < -0.4 is 10.1 Å². The Morgan fingerprint density at radius 3 is 2.56 bits per heavy atom. The summed E-state index contributed by atoms with van der Waals surface area (Å²) in [6.07, 6.45) is -2.49. The van der Waals surface area contributed by atoms with Crippen molar-refractivity contribution in [3.63, 3.8) is 0 Å². The maximum absolute atomic E-state index is 12.2. The van der Waals surface area contributed by atoms with E-state index in [-0.39, 0.29) is 5.54 Å². The van der Waals surface area contributed by atoms with Crippen molar-refractivity contribution in [2.24, 2.45) is 0 Å². The van der Waals surface area contributed by atoms with Crippen molar-refractivity contribution in [1.29, 1.82) is 0 Å². The van der Waals surface area contributed by atoms with Crippen LogP contribution in [-0.2, 0) is 6.54 Å². The Kier molecular flexibility index (Phi) is 5.35. The van der Waals surface area contributed by atoms with Gasteiger partial charge in [-0.3, -0.25) is 0 Å². The fourth-order valence-electron chi connectivity index (χ4n) is 1.35. The summed E-state index contributed by atoms with van der Waals surface area (Å²) in [5, 5.41) is 3.77. The van der Waals surface area contributed by atoms with E-state index in [0.29, 0.717) is 22.9 Å². The molecule has 0 fully saturated rings. The van der Waals surface area contributed by atoms with Crippen molar-refractivity contribution in [3.8, 4) is 5.75 Å². The molecule has 0 aromatic heterocycles. The van der Waals surface area contributed by atoms with Crippen molar-refractivity contribution in [2.75, 3.05) is 6.61 Å². The van der Waals surface area contributed by atoms with Crippen molar-refractivity contribution in [2.45, 2.75) is 39.3 Å². The lowest BCUT2D eigenvalue weighted by molar-refractivity contribution is 0.0813. The van der Waals surface area contributed by atoms with Crippen LogP contribution in [0.4, 0.5) is 8.78 Å². The highest BCUT2D eigenvalue weighted by Crippen LogP contribution is 2.27. The van der Waals surface area contributed by atoms with Gasteiger partial charge in [-0.15, -0.1) is 0 Å². The zero-order valence-electron chi connectivity index (χ0n) is 10.8. The highest BCUT2D eigenvalue weighted by molar-refractivity contribution is 6.31. The summed E-state index contributed by atoms with van der Waals surface area (Å²) in [5.74, 6) is 0.402. The predicted octanol–water partition coefficient (Wildman–Crippen LogP) is 3.87. The summed E-state index contributed by atoms with van der Waals surface area (Å²) >= 11 is 6.07.